The lowest BCUT2D eigenvalue weighted by Crippen LogP contribution is -2.32. The summed E-state index contributed by atoms with van der Waals surface area (Å²) in [5, 5.41) is 3.65. The van der Waals surface area contributed by atoms with Crippen LogP contribution in [0, 0.1) is 0 Å². The van der Waals surface area contributed by atoms with E-state index in [0.29, 0.717) is 12.1 Å². The monoisotopic (exact) mass is 231 g/mol. The first-order chi connectivity index (χ1) is 8.24. The van der Waals surface area contributed by atoms with Crippen molar-refractivity contribution in [3.05, 3.63) is 28.8 Å². The highest BCUT2D eigenvalue weighted by Crippen LogP contribution is 2.37. The van der Waals surface area contributed by atoms with Crippen molar-refractivity contribution in [1.29, 1.82) is 0 Å². The number of ether oxygens (including phenoxy) is 1. The molecule has 1 N–H and O–H groups in total. The maximum absolute atomic E-state index is 5.82. The summed E-state index contributed by atoms with van der Waals surface area (Å²) in [6, 6.07) is 5.67. The third-order valence-electron chi connectivity index (χ3n) is 3.80. The van der Waals surface area contributed by atoms with Gasteiger partial charge in [0.25, 0.3) is 0 Å². The fraction of sp³-hybridized carbons (Fsp3) is 0.600. The van der Waals surface area contributed by atoms with Gasteiger partial charge in [-0.1, -0.05) is 19.9 Å². The van der Waals surface area contributed by atoms with Gasteiger partial charge in [-0.05, 0) is 36.5 Å². The molecule has 1 aromatic carbocycles. The third kappa shape index (κ3) is 2.06. The molecule has 0 saturated carbocycles. The fourth-order valence-corrected chi connectivity index (χ4v) is 3.04. The van der Waals surface area contributed by atoms with Crippen LogP contribution in [-0.2, 0) is 12.8 Å². The molecule has 0 bridgehead atoms. The van der Waals surface area contributed by atoms with Crippen molar-refractivity contribution in [2.24, 2.45) is 0 Å². The van der Waals surface area contributed by atoms with Gasteiger partial charge in [-0.25, -0.2) is 0 Å². The Kier molecular flexibility index (Phi) is 2.83. The van der Waals surface area contributed by atoms with E-state index in [4.69, 9.17) is 4.74 Å². The molecule has 0 amide bonds. The molecule has 0 fully saturated rings. The van der Waals surface area contributed by atoms with Crippen molar-refractivity contribution in [2.75, 3.05) is 6.61 Å². The summed E-state index contributed by atoms with van der Waals surface area (Å²) < 4.78 is 5.82. The molecule has 2 nitrogen and oxygen atoms in total. The van der Waals surface area contributed by atoms with Gasteiger partial charge in [0.1, 0.15) is 5.75 Å². The van der Waals surface area contributed by atoms with E-state index < -0.39 is 0 Å². The predicted molar refractivity (Wildman–Crippen MR) is 69.6 cm³/mol. The highest BCUT2D eigenvalue weighted by Gasteiger charge is 2.24. The number of hydrogen-bond donors (Lipinski definition) is 1. The Bertz CT molecular complexity index is 425. The summed E-state index contributed by atoms with van der Waals surface area (Å²) in [6.45, 7) is 5.27. The second-order valence-electron chi connectivity index (χ2n) is 5.52. The van der Waals surface area contributed by atoms with Gasteiger partial charge in [-0.15, -0.1) is 0 Å². The summed E-state index contributed by atoms with van der Waals surface area (Å²) in [6.07, 6.45) is 4.87. The van der Waals surface area contributed by atoms with Crippen molar-refractivity contribution in [3.8, 4) is 5.75 Å². The molecule has 1 unspecified atom stereocenters. The molecular formula is C15H21NO. The third-order valence-corrected chi connectivity index (χ3v) is 3.80. The van der Waals surface area contributed by atoms with Gasteiger partial charge in [0.2, 0.25) is 0 Å². The Morgan fingerprint density at radius 1 is 1.24 bits per heavy atom. The minimum absolute atomic E-state index is 0.477. The number of hydrogen-bond acceptors (Lipinski definition) is 2. The highest BCUT2D eigenvalue weighted by molar-refractivity contribution is 5.47. The summed E-state index contributed by atoms with van der Waals surface area (Å²) in [4.78, 5) is 0. The molecule has 3 rings (SSSR count). The van der Waals surface area contributed by atoms with Crippen LogP contribution < -0.4 is 10.1 Å². The van der Waals surface area contributed by atoms with Crippen LogP contribution in [0.25, 0.3) is 0 Å². The molecule has 1 aromatic rings. The van der Waals surface area contributed by atoms with Gasteiger partial charge in [-0.2, -0.15) is 0 Å². The standard InChI is InChI=1S/C15H21NO/c1-10(2)16-14-6-7-17-15-9-12-5-3-4-11(12)8-13(14)15/h8-10,14,16H,3-7H2,1-2H3. The van der Waals surface area contributed by atoms with Crippen LogP contribution in [0.1, 0.15) is 49.4 Å². The number of fused-ring (bicyclic) bond motifs is 2. The van der Waals surface area contributed by atoms with Crippen molar-refractivity contribution in [1.82, 2.24) is 5.32 Å². The SMILES string of the molecule is CC(C)NC1CCOc2cc3c(cc21)CCC3. The Labute approximate surface area is 103 Å². The second kappa shape index (κ2) is 4.34. The highest BCUT2D eigenvalue weighted by atomic mass is 16.5. The fourth-order valence-electron chi connectivity index (χ4n) is 3.04. The quantitative estimate of drug-likeness (QED) is 0.845. The molecule has 0 radical (unpaired) electrons. The molecule has 2 heteroatoms. The van der Waals surface area contributed by atoms with Crippen LogP contribution in [0.2, 0.25) is 0 Å². The molecule has 0 spiro atoms. The van der Waals surface area contributed by atoms with Crippen LogP contribution in [-0.4, -0.2) is 12.6 Å². The van der Waals surface area contributed by atoms with Crippen molar-refractivity contribution < 1.29 is 4.74 Å². The number of rotatable bonds is 2. The first-order valence-corrected chi connectivity index (χ1v) is 6.78. The Balaban J connectivity index is 1.96. The lowest BCUT2D eigenvalue weighted by Gasteiger charge is -2.29. The molecule has 1 aliphatic heterocycles. The van der Waals surface area contributed by atoms with Gasteiger partial charge in [0, 0.05) is 24.1 Å². The predicted octanol–water partition coefficient (Wildman–Crippen LogP) is 3.00. The minimum Gasteiger partial charge on any atom is -0.493 e. The first-order valence-electron chi connectivity index (χ1n) is 6.78. The van der Waals surface area contributed by atoms with Crippen molar-refractivity contribution in [2.45, 2.75) is 51.6 Å². The van der Waals surface area contributed by atoms with Gasteiger partial charge >= 0.3 is 0 Å². The van der Waals surface area contributed by atoms with Gasteiger partial charge < -0.3 is 10.1 Å². The van der Waals surface area contributed by atoms with E-state index in [1.807, 2.05) is 0 Å². The van der Waals surface area contributed by atoms with E-state index >= 15 is 0 Å². The van der Waals surface area contributed by atoms with Gasteiger partial charge in [0.05, 0.1) is 6.61 Å². The van der Waals surface area contributed by atoms with Crippen LogP contribution in [0.5, 0.6) is 5.75 Å². The molecule has 2 aliphatic rings. The molecule has 17 heavy (non-hydrogen) atoms. The molecule has 0 saturated heterocycles. The Morgan fingerprint density at radius 2 is 2.00 bits per heavy atom. The van der Waals surface area contributed by atoms with Crippen molar-refractivity contribution in [3.63, 3.8) is 0 Å². The summed E-state index contributed by atoms with van der Waals surface area (Å²) >= 11 is 0. The van der Waals surface area contributed by atoms with E-state index in [1.165, 1.54) is 30.4 Å². The number of nitrogens with one attached hydrogen (secondary N) is 1. The van der Waals surface area contributed by atoms with Crippen LogP contribution in [0.15, 0.2) is 12.1 Å². The minimum atomic E-state index is 0.477. The van der Waals surface area contributed by atoms with E-state index in [-0.39, 0.29) is 0 Å². The summed E-state index contributed by atoms with van der Waals surface area (Å²) in [5.41, 5.74) is 4.43. The Morgan fingerprint density at radius 3 is 2.76 bits per heavy atom. The normalized spacial score (nSPS) is 22.2. The lowest BCUT2D eigenvalue weighted by atomic mass is 9.95. The van der Waals surface area contributed by atoms with Gasteiger partial charge in [0.15, 0.2) is 0 Å². The molecule has 1 atom stereocenters. The van der Waals surface area contributed by atoms with Crippen molar-refractivity contribution >= 4 is 0 Å². The molecular weight excluding hydrogens is 210 g/mol. The maximum Gasteiger partial charge on any atom is 0.124 e. The average molecular weight is 231 g/mol. The van der Waals surface area contributed by atoms with Crippen LogP contribution in [0.3, 0.4) is 0 Å². The zero-order chi connectivity index (χ0) is 11.8. The Hall–Kier alpha value is -1.02. The maximum atomic E-state index is 5.82. The zero-order valence-electron chi connectivity index (χ0n) is 10.8. The van der Waals surface area contributed by atoms with E-state index in [1.54, 1.807) is 5.56 Å². The number of aryl methyl sites for hydroxylation is 2. The second-order valence-corrected chi connectivity index (χ2v) is 5.52. The van der Waals surface area contributed by atoms with Crippen LogP contribution >= 0.6 is 0 Å². The summed E-state index contributed by atoms with van der Waals surface area (Å²) in [5.74, 6) is 1.12. The lowest BCUT2D eigenvalue weighted by molar-refractivity contribution is 0.247. The first kappa shape index (κ1) is 11.1. The number of benzene rings is 1. The smallest absolute Gasteiger partial charge is 0.124 e. The molecule has 1 aliphatic carbocycles. The largest absolute Gasteiger partial charge is 0.493 e. The van der Waals surface area contributed by atoms with E-state index in [9.17, 15) is 0 Å². The molecule has 1 heterocycles. The summed E-state index contributed by atoms with van der Waals surface area (Å²) in [7, 11) is 0. The molecule has 92 valence electrons. The van der Waals surface area contributed by atoms with Crippen LogP contribution in [0.4, 0.5) is 0 Å². The van der Waals surface area contributed by atoms with E-state index in [0.717, 1.165) is 18.8 Å². The topological polar surface area (TPSA) is 21.3 Å². The van der Waals surface area contributed by atoms with E-state index in [2.05, 4.69) is 31.3 Å². The average Bonchev–Trinajstić information content (AvgIpc) is 2.73. The molecule has 0 aromatic heterocycles. The van der Waals surface area contributed by atoms with Gasteiger partial charge in [-0.3, -0.25) is 0 Å². The zero-order valence-corrected chi connectivity index (χ0v) is 10.8.